The molecule has 2 aromatic rings. The van der Waals surface area contributed by atoms with E-state index in [1.807, 2.05) is 0 Å². The van der Waals surface area contributed by atoms with E-state index < -0.39 is 0 Å². The molecule has 5 nitrogen and oxygen atoms in total. The summed E-state index contributed by atoms with van der Waals surface area (Å²) in [6, 6.07) is 0. The van der Waals surface area contributed by atoms with Crippen LogP contribution in [-0.4, -0.2) is 60.9 Å². The Labute approximate surface area is 297 Å². The second-order valence-electron chi connectivity index (χ2n) is 17.9. The van der Waals surface area contributed by atoms with Crippen molar-refractivity contribution in [3.8, 4) is 0 Å². The van der Waals surface area contributed by atoms with Crippen molar-refractivity contribution in [1.29, 1.82) is 0 Å². The summed E-state index contributed by atoms with van der Waals surface area (Å²) in [6.45, 7) is 44.1. The Balaban J connectivity index is 0.000000673. The first kappa shape index (κ1) is 42.6. The van der Waals surface area contributed by atoms with Crippen molar-refractivity contribution >= 4 is 37.7 Å². The SMILES string of the molecule is CC1CCOC1.CCC(C)(C)c1nc(C(C)(C)C)c(C(C)(C)C)[n-]1.CCC(C)(C)c1nc(C(C)(C)C)c(C(C)(C)C)[n-]1.[Ca+2]. The Kier molecular flexibility index (Phi) is 15.4. The fraction of sp³-hybridized carbons (Fsp3) is 0.838. The molecule has 0 amide bonds. The maximum Gasteiger partial charge on any atom is 2.00 e. The van der Waals surface area contributed by atoms with E-state index in [2.05, 4.69) is 132 Å². The van der Waals surface area contributed by atoms with E-state index in [0.717, 1.165) is 66.4 Å². The van der Waals surface area contributed by atoms with Crippen molar-refractivity contribution in [2.75, 3.05) is 13.2 Å². The van der Waals surface area contributed by atoms with Crippen LogP contribution in [0, 0.1) is 5.92 Å². The van der Waals surface area contributed by atoms with Gasteiger partial charge in [0.05, 0.1) is 0 Å². The van der Waals surface area contributed by atoms with Gasteiger partial charge in [-0.1, -0.05) is 166 Å². The van der Waals surface area contributed by atoms with Crippen LogP contribution in [-0.2, 0) is 37.2 Å². The number of aromatic nitrogens is 4. The van der Waals surface area contributed by atoms with Crippen LogP contribution in [0.25, 0.3) is 0 Å². The quantitative estimate of drug-likeness (QED) is 0.317. The Bertz CT molecular complexity index is 960. The summed E-state index contributed by atoms with van der Waals surface area (Å²) in [5, 5.41) is 0. The van der Waals surface area contributed by atoms with Crippen LogP contribution in [0.1, 0.15) is 185 Å². The van der Waals surface area contributed by atoms with Crippen molar-refractivity contribution in [1.82, 2.24) is 19.9 Å². The van der Waals surface area contributed by atoms with Gasteiger partial charge in [0.15, 0.2) is 0 Å². The van der Waals surface area contributed by atoms with Gasteiger partial charge in [0.1, 0.15) is 0 Å². The fourth-order valence-electron chi connectivity index (χ4n) is 4.35. The van der Waals surface area contributed by atoms with Gasteiger partial charge in [0.25, 0.3) is 0 Å². The van der Waals surface area contributed by atoms with Crippen LogP contribution in [0.5, 0.6) is 0 Å². The van der Waals surface area contributed by atoms with Gasteiger partial charge >= 0.3 is 37.7 Å². The summed E-state index contributed by atoms with van der Waals surface area (Å²) in [4.78, 5) is 19.5. The molecule has 1 aliphatic heterocycles. The summed E-state index contributed by atoms with van der Waals surface area (Å²) in [6.07, 6.45) is 3.38. The Morgan fingerprint density at radius 2 is 0.930 bits per heavy atom. The van der Waals surface area contributed by atoms with E-state index in [1.54, 1.807) is 0 Å². The molecule has 6 heteroatoms. The van der Waals surface area contributed by atoms with E-state index in [9.17, 15) is 0 Å². The minimum absolute atomic E-state index is 0. The molecular formula is C37H68CaN4O. The van der Waals surface area contributed by atoms with Gasteiger partial charge in [-0.05, 0) is 57.7 Å². The second kappa shape index (κ2) is 15.5. The summed E-state index contributed by atoms with van der Waals surface area (Å²) in [7, 11) is 0. The number of hydrogen-bond acceptors (Lipinski definition) is 3. The normalized spacial score (nSPS) is 16.6. The predicted molar refractivity (Wildman–Crippen MR) is 187 cm³/mol. The van der Waals surface area contributed by atoms with Crippen LogP contribution in [0.15, 0.2) is 0 Å². The molecular weight excluding hydrogens is 557 g/mol. The molecule has 0 bridgehead atoms. The molecule has 3 heterocycles. The zero-order chi connectivity index (χ0) is 33.1. The Morgan fingerprint density at radius 1 is 0.605 bits per heavy atom. The van der Waals surface area contributed by atoms with Gasteiger partial charge in [0, 0.05) is 13.2 Å². The number of nitrogens with zero attached hydrogens (tertiary/aromatic N) is 4. The van der Waals surface area contributed by atoms with Gasteiger partial charge in [0.2, 0.25) is 0 Å². The van der Waals surface area contributed by atoms with Crippen molar-refractivity contribution < 1.29 is 4.74 Å². The predicted octanol–water partition coefficient (Wildman–Crippen LogP) is 9.30. The third-order valence-electron chi connectivity index (χ3n) is 8.30. The maximum absolute atomic E-state index is 5.06. The molecule has 0 saturated carbocycles. The molecule has 244 valence electrons. The van der Waals surface area contributed by atoms with E-state index in [-0.39, 0.29) is 70.2 Å². The Hall–Kier alpha value is -0.360. The summed E-state index contributed by atoms with van der Waals surface area (Å²) in [5.74, 6) is 2.82. The molecule has 1 atom stereocenters. The molecule has 1 saturated heterocycles. The van der Waals surface area contributed by atoms with Crippen molar-refractivity contribution in [2.24, 2.45) is 5.92 Å². The maximum atomic E-state index is 5.06. The second-order valence-corrected chi connectivity index (χ2v) is 17.9. The Morgan fingerprint density at radius 3 is 1.07 bits per heavy atom. The van der Waals surface area contributed by atoms with Gasteiger partial charge < -0.3 is 24.7 Å². The minimum atomic E-state index is 0. The molecule has 0 spiro atoms. The van der Waals surface area contributed by atoms with Crippen LogP contribution < -0.4 is 9.97 Å². The van der Waals surface area contributed by atoms with Crippen LogP contribution in [0.2, 0.25) is 0 Å². The van der Waals surface area contributed by atoms with Crippen molar-refractivity contribution in [3.05, 3.63) is 34.4 Å². The third-order valence-corrected chi connectivity index (χ3v) is 8.30. The number of rotatable bonds is 4. The standard InChI is InChI=1S/2C16H29N2.C5H10O.Ca/c2*1-10-16(8,9)13-17-11(14(2,3)4)12(18-13)15(5,6)7;1-5-2-3-6-4-5;/h2*10H2,1-9H3;5H,2-4H2,1H3;/q2*-1;;+2. The van der Waals surface area contributed by atoms with E-state index in [4.69, 9.17) is 24.7 Å². The molecule has 0 radical (unpaired) electrons. The average molecular weight is 625 g/mol. The van der Waals surface area contributed by atoms with Crippen LogP contribution in [0.4, 0.5) is 0 Å². The van der Waals surface area contributed by atoms with Crippen LogP contribution >= 0.6 is 0 Å². The first-order chi connectivity index (χ1) is 18.7. The van der Waals surface area contributed by atoms with E-state index >= 15 is 0 Å². The van der Waals surface area contributed by atoms with E-state index in [1.165, 1.54) is 6.42 Å². The van der Waals surface area contributed by atoms with E-state index in [0.29, 0.717) is 0 Å². The average Bonchev–Trinajstić information content (AvgIpc) is 3.57. The number of hydrogen-bond donors (Lipinski definition) is 0. The smallest absolute Gasteiger partial charge is 0.442 e. The minimum Gasteiger partial charge on any atom is -0.442 e. The fourth-order valence-corrected chi connectivity index (χ4v) is 4.35. The third kappa shape index (κ3) is 12.4. The van der Waals surface area contributed by atoms with Gasteiger partial charge in [-0.2, -0.15) is 0 Å². The molecule has 0 N–H and O–H groups in total. The zero-order valence-corrected chi connectivity index (χ0v) is 34.2. The summed E-state index contributed by atoms with van der Waals surface area (Å²) in [5.41, 5.74) is 4.97. The first-order valence-electron chi connectivity index (χ1n) is 16.4. The molecule has 0 aliphatic carbocycles. The number of ether oxygens (including phenoxy) is 1. The summed E-state index contributed by atoms with van der Waals surface area (Å²) >= 11 is 0. The summed E-state index contributed by atoms with van der Waals surface area (Å²) < 4.78 is 5.06. The monoisotopic (exact) mass is 625 g/mol. The largest absolute Gasteiger partial charge is 2.00 e. The van der Waals surface area contributed by atoms with Crippen molar-refractivity contribution in [3.63, 3.8) is 0 Å². The first-order valence-corrected chi connectivity index (χ1v) is 16.4. The van der Waals surface area contributed by atoms with Crippen LogP contribution in [0.3, 0.4) is 0 Å². The molecule has 1 fully saturated rings. The molecule has 1 unspecified atom stereocenters. The van der Waals surface area contributed by atoms with Crippen molar-refractivity contribution in [2.45, 2.75) is 183 Å². The molecule has 1 aliphatic rings. The zero-order valence-electron chi connectivity index (χ0n) is 32.0. The topological polar surface area (TPSA) is 63.2 Å². The molecule has 0 aromatic carbocycles. The number of imidazole rings is 2. The molecule has 2 aromatic heterocycles. The molecule has 43 heavy (non-hydrogen) atoms. The van der Waals surface area contributed by atoms with Gasteiger partial charge in [-0.3, -0.25) is 0 Å². The van der Waals surface area contributed by atoms with Gasteiger partial charge in [-0.25, -0.2) is 0 Å². The van der Waals surface area contributed by atoms with Gasteiger partial charge in [-0.15, -0.1) is 0 Å². The molecule has 3 rings (SSSR count).